The van der Waals surface area contributed by atoms with Crippen LogP contribution in [0.4, 0.5) is 0 Å². The van der Waals surface area contributed by atoms with Gasteiger partial charge in [-0.2, -0.15) is 0 Å². The quantitative estimate of drug-likeness (QED) is 0.423. The van der Waals surface area contributed by atoms with Crippen molar-refractivity contribution in [3.05, 3.63) is 82.5 Å². The lowest BCUT2D eigenvalue weighted by atomic mass is 9.81. The van der Waals surface area contributed by atoms with Crippen molar-refractivity contribution in [1.29, 1.82) is 0 Å². The van der Waals surface area contributed by atoms with Crippen LogP contribution in [0.25, 0.3) is 11.3 Å². The number of methoxy groups -OCH3 is 1. The molecule has 8 nitrogen and oxygen atoms in total. The van der Waals surface area contributed by atoms with Gasteiger partial charge in [-0.1, -0.05) is 34.1 Å². The maximum Gasteiger partial charge on any atom is 0.312 e. The normalized spacial score (nSPS) is 19.9. The van der Waals surface area contributed by atoms with Crippen molar-refractivity contribution >= 4 is 33.7 Å². The Morgan fingerprint density at radius 3 is 2.23 bits per heavy atom. The zero-order chi connectivity index (χ0) is 28.4. The number of piperidine rings is 1. The Kier molecular flexibility index (Phi) is 7.94. The number of carbonyl (C=O) groups is 3. The molecular formula is C31H33BrN4O4. The van der Waals surface area contributed by atoms with E-state index < -0.39 is 17.4 Å². The number of rotatable bonds is 5. The second kappa shape index (κ2) is 11.4. The van der Waals surface area contributed by atoms with Gasteiger partial charge in [0, 0.05) is 22.1 Å². The summed E-state index contributed by atoms with van der Waals surface area (Å²) in [5.41, 5.74) is 1.82. The van der Waals surface area contributed by atoms with Crippen LogP contribution in [0, 0.1) is 0 Å². The molecule has 0 radical (unpaired) electrons. The number of hydrogen-bond acceptors (Lipinski definition) is 5. The number of likely N-dealkylation sites (tertiary alicyclic amines) is 2. The Balaban J connectivity index is 1.35. The van der Waals surface area contributed by atoms with E-state index in [2.05, 4.69) is 26.2 Å². The third-order valence-electron chi connectivity index (χ3n) is 7.93. The molecule has 0 bridgehead atoms. The molecule has 5 rings (SSSR count). The van der Waals surface area contributed by atoms with Crippen LogP contribution in [0.1, 0.15) is 49.2 Å². The molecule has 0 spiro atoms. The Bertz CT molecular complexity index is 1390. The van der Waals surface area contributed by atoms with Crippen molar-refractivity contribution in [2.75, 3.05) is 20.2 Å². The molecule has 2 aliphatic rings. The molecule has 0 aliphatic carbocycles. The van der Waals surface area contributed by atoms with Gasteiger partial charge in [0.15, 0.2) is 0 Å². The topological polar surface area (TPSA) is 91.8 Å². The van der Waals surface area contributed by atoms with Gasteiger partial charge in [0.1, 0.15) is 17.0 Å². The van der Waals surface area contributed by atoms with Crippen LogP contribution in [0.5, 0.6) is 5.75 Å². The number of carbonyl (C=O) groups excluding carboxylic acids is 3. The van der Waals surface area contributed by atoms with Gasteiger partial charge in [-0.3, -0.25) is 14.4 Å². The first-order valence-electron chi connectivity index (χ1n) is 13.5. The second-order valence-corrected chi connectivity index (χ2v) is 11.6. The molecule has 2 fully saturated rings. The minimum Gasteiger partial charge on any atom is -0.497 e. The Labute approximate surface area is 242 Å². The first kappa shape index (κ1) is 27.8. The average Bonchev–Trinajstić information content (AvgIpc) is 2.94. The fourth-order valence-electron chi connectivity index (χ4n) is 5.70. The summed E-state index contributed by atoms with van der Waals surface area (Å²) in [7, 11) is 1.61. The standard InChI is InChI=1S/C31H33BrN4O4/c1-20-6-4-7-21(2)36(20)30(39)28(37)34-31(23-12-14-24(32)15-13-23)18-35(19-31)29(38)27-9-5-8-26(33-27)22-10-16-25(40-3)17-11-22/h5,8-17,20-21H,4,6-7,18-19H2,1-3H3,(H,34,37). The van der Waals surface area contributed by atoms with Crippen LogP contribution >= 0.6 is 15.9 Å². The van der Waals surface area contributed by atoms with Gasteiger partial charge in [-0.05, 0) is 87.2 Å². The lowest BCUT2D eigenvalue weighted by molar-refractivity contribution is -0.152. The van der Waals surface area contributed by atoms with E-state index in [0.29, 0.717) is 11.4 Å². The lowest BCUT2D eigenvalue weighted by Gasteiger charge is -2.51. The second-order valence-electron chi connectivity index (χ2n) is 10.7. The molecule has 2 aromatic carbocycles. The molecule has 2 unspecified atom stereocenters. The van der Waals surface area contributed by atoms with Crippen LogP contribution in [0.15, 0.2) is 71.2 Å². The number of hydrogen-bond donors (Lipinski definition) is 1. The summed E-state index contributed by atoms with van der Waals surface area (Å²) in [5, 5.41) is 3.02. The Morgan fingerprint density at radius 2 is 1.60 bits per heavy atom. The molecule has 2 aliphatic heterocycles. The summed E-state index contributed by atoms with van der Waals surface area (Å²) < 4.78 is 6.13. The summed E-state index contributed by atoms with van der Waals surface area (Å²) in [6.45, 7) is 4.43. The van der Waals surface area contributed by atoms with Gasteiger partial charge in [0.05, 0.1) is 25.9 Å². The third-order valence-corrected chi connectivity index (χ3v) is 8.46. The fraction of sp³-hybridized carbons (Fsp3) is 0.355. The maximum absolute atomic E-state index is 13.5. The van der Waals surface area contributed by atoms with E-state index in [-0.39, 0.29) is 31.1 Å². The SMILES string of the molecule is COc1ccc(-c2cccc(C(=O)N3CC(NC(=O)C(=O)N4C(C)CCCC4C)(c4ccc(Br)cc4)C3)n2)cc1. The molecule has 2 atom stereocenters. The first-order chi connectivity index (χ1) is 19.2. The molecular weight excluding hydrogens is 572 g/mol. The number of nitrogens with zero attached hydrogens (tertiary/aromatic N) is 3. The fourth-order valence-corrected chi connectivity index (χ4v) is 5.96. The molecule has 0 saturated carbocycles. The largest absolute Gasteiger partial charge is 0.497 e. The van der Waals surface area contributed by atoms with Gasteiger partial charge in [-0.15, -0.1) is 0 Å². The molecule has 3 aromatic rings. The van der Waals surface area contributed by atoms with Gasteiger partial charge >= 0.3 is 11.8 Å². The zero-order valence-corrected chi connectivity index (χ0v) is 24.5. The minimum atomic E-state index is -0.876. The van der Waals surface area contributed by atoms with E-state index in [1.807, 2.05) is 74.5 Å². The zero-order valence-electron chi connectivity index (χ0n) is 22.9. The third kappa shape index (κ3) is 5.47. The average molecular weight is 606 g/mol. The van der Waals surface area contributed by atoms with Crippen LogP contribution < -0.4 is 10.1 Å². The van der Waals surface area contributed by atoms with Gasteiger partial charge in [0.25, 0.3) is 5.91 Å². The highest BCUT2D eigenvalue weighted by Gasteiger charge is 2.49. The van der Waals surface area contributed by atoms with Crippen LogP contribution in [-0.4, -0.2) is 64.8 Å². The molecule has 3 heterocycles. The van der Waals surface area contributed by atoms with E-state index >= 15 is 0 Å². The van der Waals surface area contributed by atoms with Crippen LogP contribution in [0.3, 0.4) is 0 Å². The molecule has 1 N–H and O–H groups in total. The minimum absolute atomic E-state index is 0.00847. The van der Waals surface area contributed by atoms with Gasteiger partial charge in [0.2, 0.25) is 0 Å². The highest BCUT2D eigenvalue weighted by Crippen LogP contribution is 2.34. The number of ether oxygens (including phenoxy) is 1. The van der Waals surface area contributed by atoms with Crippen molar-refractivity contribution in [3.63, 3.8) is 0 Å². The summed E-state index contributed by atoms with van der Waals surface area (Å²) in [6, 6.07) is 20.5. The number of halogens is 1. The monoisotopic (exact) mass is 604 g/mol. The Hall–Kier alpha value is -3.72. The highest BCUT2D eigenvalue weighted by atomic mass is 79.9. The van der Waals surface area contributed by atoms with Crippen LogP contribution in [-0.2, 0) is 15.1 Å². The number of benzene rings is 2. The summed E-state index contributed by atoms with van der Waals surface area (Å²) in [4.78, 5) is 48.1. The number of aromatic nitrogens is 1. The predicted octanol–water partition coefficient (Wildman–Crippen LogP) is 4.78. The van der Waals surface area contributed by atoms with Crippen molar-refractivity contribution < 1.29 is 19.1 Å². The van der Waals surface area contributed by atoms with Crippen molar-refractivity contribution in [3.8, 4) is 17.0 Å². The van der Waals surface area contributed by atoms with Gasteiger partial charge < -0.3 is 19.9 Å². The smallest absolute Gasteiger partial charge is 0.312 e. The molecule has 3 amide bonds. The maximum atomic E-state index is 13.5. The molecule has 208 valence electrons. The highest BCUT2D eigenvalue weighted by molar-refractivity contribution is 9.10. The van der Waals surface area contributed by atoms with Crippen molar-refractivity contribution in [1.82, 2.24) is 20.1 Å². The molecule has 1 aromatic heterocycles. The van der Waals surface area contributed by atoms with E-state index in [0.717, 1.165) is 40.6 Å². The first-order valence-corrected chi connectivity index (χ1v) is 14.3. The lowest BCUT2D eigenvalue weighted by Crippen LogP contribution is -2.70. The van der Waals surface area contributed by atoms with E-state index in [1.54, 1.807) is 23.0 Å². The summed E-state index contributed by atoms with van der Waals surface area (Å²) >= 11 is 3.46. The molecule has 2 saturated heterocycles. The van der Waals surface area contributed by atoms with Gasteiger partial charge in [-0.25, -0.2) is 4.98 Å². The van der Waals surface area contributed by atoms with Crippen molar-refractivity contribution in [2.24, 2.45) is 0 Å². The predicted molar refractivity (Wildman–Crippen MR) is 156 cm³/mol. The summed E-state index contributed by atoms with van der Waals surface area (Å²) in [5.74, 6) is -0.655. The molecule has 9 heteroatoms. The molecule has 40 heavy (non-hydrogen) atoms. The Morgan fingerprint density at radius 1 is 0.950 bits per heavy atom. The number of pyridine rings is 1. The van der Waals surface area contributed by atoms with E-state index in [9.17, 15) is 14.4 Å². The summed E-state index contributed by atoms with van der Waals surface area (Å²) in [6.07, 6.45) is 2.81. The number of amides is 3. The van der Waals surface area contributed by atoms with Crippen molar-refractivity contribution in [2.45, 2.75) is 50.7 Å². The van der Waals surface area contributed by atoms with Crippen LogP contribution in [0.2, 0.25) is 0 Å². The van der Waals surface area contributed by atoms with E-state index in [1.165, 1.54) is 0 Å². The van der Waals surface area contributed by atoms with E-state index in [4.69, 9.17) is 4.74 Å². The number of nitrogens with one attached hydrogen (secondary N) is 1.